The average molecular weight is 83.1 g/mol. The predicted molar refractivity (Wildman–Crippen MR) is 25.2 cm³/mol. The Morgan fingerprint density at radius 1 is 1.83 bits per heavy atom. The van der Waals surface area contributed by atoms with E-state index in [-0.39, 0.29) is 5.78 Å². The molecule has 0 rings (SSSR count). The largest absolute Gasteiger partial charge is 0.295 e. The van der Waals surface area contributed by atoms with Crippen LogP contribution in [0.5, 0.6) is 0 Å². The average Bonchev–Trinajstić information content (AvgIpc) is 1.35. The van der Waals surface area contributed by atoms with Crippen molar-refractivity contribution in [3.63, 3.8) is 0 Å². The minimum absolute atomic E-state index is 0.141. The van der Waals surface area contributed by atoms with Crippen LogP contribution < -0.4 is 0 Å². The molecular weight excluding hydrogens is 76.1 g/mol. The third kappa shape index (κ3) is 3.41. The van der Waals surface area contributed by atoms with Gasteiger partial charge in [0.05, 0.1) is 0 Å². The molecule has 0 atom stereocenters. The predicted octanol–water partition coefficient (Wildman–Crippen LogP) is 0.966. The van der Waals surface area contributed by atoms with E-state index in [0.717, 1.165) is 0 Å². The van der Waals surface area contributed by atoms with Gasteiger partial charge in [0.25, 0.3) is 0 Å². The lowest BCUT2D eigenvalue weighted by Crippen LogP contribution is -1.77. The van der Waals surface area contributed by atoms with Gasteiger partial charge in [0.2, 0.25) is 0 Å². The van der Waals surface area contributed by atoms with Crippen molar-refractivity contribution in [2.24, 2.45) is 0 Å². The molecular formula is C5H7O. The van der Waals surface area contributed by atoms with Gasteiger partial charge in [-0.3, -0.25) is 4.79 Å². The highest BCUT2D eigenvalue weighted by Gasteiger charge is 1.73. The second-order valence-corrected chi connectivity index (χ2v) is 0.966. The van der Waals surface area contributed by atoms with Crippen LogP contribution in [0.4, 0.5) is 0 Å². The van der Waals surface area contributed by atoms with Crippen molar-refractivity contribution in [3.8, 4) is 0 Å². The zero-order valence-electron chi connectivity index (χ0n) is 3.77. The van der Waals surface area contributed by atoms with Crippen LogP contribution in [0.25, 0.3) is 0 Å². The van der Waals surface area contributed by atoms with Crippen LogP contribution in [0.15, 0.2) is 12.2 Å². The molecule has 0 aromatic carbocycles. The molecule has 0 aromatic rings. The monoisotopic (exact) mass is 83.0 g/mol. The third-order valence-corrected chi connectivity index (χ3v) is 0.353. The van der Waals surface area contributed by atoms with Crippen molar-refractivity contribution < 1.29 is 4.79 Å². The summed E-state index contributed by atoms with van der Waals surface area (Å²) in [5.74, 6) is -0.141. The van der Waals surface area contributed by atoms with Gasteiger partial charge in [-0.1, -0.05) is 6.08 Å². The van der Waals surface area contributed by atoms with Gasteiger partial charge >= 0.3 is 0 Å². The number of allylic oxidation sites excluding steroid dienone is 2. The van der Waals surface area contributed by atoms with E-state index in [1.54, 1.807) is 13.0 Å². The maximum atomic E-state index is 9.85. The minimum atomic E-state index is -0.141. The van der Waals surface area contributed by atoms with Crippen molar-refractivity contribution in [2.45, 2.75) is 6.92 Å². The van der Waals surface area contributed by atoms with Gasteiger partial charge in [-0.05, 0) is 13.0 Å². The quantitative estimate of drug-likeness (QED) is 0.431. The Hall–Kier alpha value is -0.590. The molecule has 1 radical (unpaired) electrons. The van der Waals surface area contributed by atoms with Crippen molar-refractivity contribution >= 4 is 5.78 Å². The maximum absolute atomic E-state index is 9.85. The van der Waals surface area contributed by atoms with Gasteiger partial charge < -0.3 is 0 Å². The Morgan fingerprint density at radius 3 is 2.33 bits per heavy atom. The molecule has 0 N–H and O–H groups in total. The Bertz CT molecular complexity index is 72.0. The lowest BCUT2D eigenvalue weighted by Gasteiger charge is -1.67. The summed E-state index contributed by atoms with van der Waals surface area (Å²) < 4.78 is 0. The van der Waals surface area contributed by atoms with Crippen molar-refractivity contribution in [2.75, 3.05) is 0 Å². The van der Waals surface area contributed by atoms with Gasteiger partial charge in [-0.2, -0.15) is 0 Å². The van der Waals surface area contributed by atoms with Crippen molar-refractivity contribution in [1.29, 1.82) is 0 Å². The fourth-order valence-electron chi connectivity index (χ4n) is 0.186. The number of rotatable bonds is 1. The summed E-state index contributed by atoms with van der Waals surface area (Å²) >= 11 is 0. The number of hydrogen-bond acceptors (Lipinski definition) is 1. The summed E-state index contributed by atoms with van der Waals surface area (Å²) in [5, 5.41) is 0. The maximum Gasteiger partial charge on any atom is 0.155 e. The van der Waals surface area contributed by atoms with Gasteiger partial charge in [-0.25, -0.2) is 0 Å². The highest BCUT2D eigenvalue weighted by atomic mass is 16.1. The van der Waals surface area contributed by atoms with E-state index >= 15 is 0 Å². The summed E-state index contributed by atoms with van der Waals surface area (Å²) in [4.78, 5) is 9.85. The van der Waals surface area contributed by atoms with Crippen LogP contribution in [0, 0.1) is 6.92 Å². The smallest absolute Gasteiger partial charge is 0.155 e. The van der Waals surface area contributed by atoms with E-state index in [0.29, 0.717) is 0 Å². The molecule has 0 aliphatic heterocycles. The molecule has 0 amide bonds. The van der Waals surface area contributed by atoms with E-state index in [1.165, 1.54) is 6.08 Å². The first-order valence-electron chi connectivity index (χ1n) is 1.76. The van der Waals surface area contributed by atoms with Crippen LogP contribution in [0.2, 0.25) is 0 Å². The molecule has 0 fully saturated rings. The van der Waals surface area contributed by atoms with Gasteiger partial charge in [-0.15, -0.1) is 0 Å². The zero-order valence-corrected chi connectivity index (χ0v) is 3.77. The summed E-state index contributed by atoms with van der Waals surface area (Å²) in [6.07, 6.45) is 3.08. The van der Waals surface area contributed by atoms with E-state index in [4.69, 9.17) is 0 Å². The molecule has 0 saturated carbocycles. The molecule has 1 nitrogen and oxygen atoms in total. The topological polar surface area (TPSA) is 17.1 Å². The summed E-state index contributed by atoms with van der Waals surface area (Å²) in [6, 6.07) is 0. The van der Waals surface area contributed by atoms with Crippen molar-refractivity contribution in [3.05, 3.63) is 19.1 Å². The number of carbonyl (C=O) groups excluding carboxylic acids is 1. The molecule has 33 valence electrons. The minimum Gasteiger partial charge on any atom is -0.295 e. The Balaban J connectivity index is 3.30. The first-order chi connectivity index (χ1) is 2.77. The molecule has 0 aliphatic rings. The van der Waals surface area contributed by atoms with Gasteiger partial charge in [0.1, 0.15) is 0 Å². The van der Waals surface area contributed by atoms with Crippen LogP contribution >= 0.6 is 0 Å². The lowest BCUT2D eigenvalue weighted by atomic mass is 10.4. The fraction of sp³-hybridized carbons (Fsp3) is 0.200. The molecule has 6 heavy (non-hydrogen) atoms. The van der Waals surface area contributed by atoms with Crippen LogP contribution in [0.3, 0.4) is 0 Å². The Kier molecular flexibility index (Phi) is 2.38. The summed E-state index contributed by atoms with van der Waals surface area (Å²) in [7, 11) is 0. The second kappa shape index (κ2) is 2.64. The number of ketones is 1. The molecule has 0 unspecified atom stereocenters. The van der Waals surface area contributed by atoms with Crippen LogP contribution in [0.1, 0.15) is 6.92 Å². The van der Waals surface area contributed by atoms with E-state index in [9.17, 15) is 4.79 Å². The molecule has 0 saturated heterocycles. The molecule has 1 heteroatoms. The van der Waals surface area contributed by atoms with Crippen molar-refractivity contribution in [1.82, 2.24) is 0 Å². The summed E-state index contributed by atoms with van der Waals surface area (Å²) in [5.41, 5.74) is 0. The lowest BCUT2D eigenvalue weighted by molar-refractivity contribution is -0.110. The molecule has 0 bridgehead atoms. The normalized spacial score (nSPS) is 9.67. The first kappa shape index (κ1) is 5.41. The molecule has 0 aliphatic carbocycles. The molecule has 0 heterocycles. The summed E-state index contributed by atoms with van der Waals surface area (Å²) in [6.45, 7) is 4.88. The first-order valence-corrected chi connectivity index (χ1v) is 1.76. The zero-order chi connectivity index (χ0) is 4.99. The second-order valence-electron chi connectivity index (χ2n) is 0.966. The van der Waals surface area contributed by atoms with Gasteiger partial charge in [0.15, 0.2) is 5.78 Å². The van der Waals surface area contributed by atoms with Gasteiger partial charge in [0, 0.05) is 6.92 Å². The molecule has 0 aromatic heterocycles. The third-order valence-electron chi connectivity index (χ3n) is 0.353. The van der Waals surface area contributed by atoms with E-state index in [2.05, 4.69) is 6.92 Å². The Morgan fingerprint density at radius 2 is 2.33 bits per heavy atom. The van der Waals surface area contributed by atoms with E-state index < -0.39 is 0 Å². The fourth-order valence-corrected chi connectivity index (χ4v) is 0.186. The molecule has 0 spiro atoms. The highest BCUT2D eigenvalue weighted by molar-refractivity contribution is 5.92. The standard InChI is InChI=1S/C5H7O/c1-3-4-5(2)6/h3-4H,2H2,1H3/b4-3+. The van der Waals surface area contributed by atoms with E-state index in [1.807, 2.05) is 0 Å². The van der Waals surface area contributed by atoms with Crippen LogP contribution in [-0.2, 0) is 4.79 Å². The Labute approximate surface area is 37.7 Å². The van der Waals surface area contributed by atoms with Crippen LogP contribution in [-0.4, -0.2) is 5.78 Å². The number of carbonyl (C=O) groups is 1. The number of hydrogen-bond donors (Lipinski definition) is 0. The highest BCUT2D eigenvalue weighted by Crippen LogP contribution is 1.68. The SMILES string of the molecule is [CH2]C(=O)/C=C/C.